The minimum atomic E-state index is -4.22. The normalized spacial score (nSPS) is 26.5. The van der Waals surface area contributed by atoms with Gasteiger partial charge in [0.2, 0.25) is 0 Å². The Balaban J connectivity index is 1.47. The molecule has 2 unspecified atom stereocenters. The lowest BCUT2D eigenvalue weighted by Crippen LogP contribution is -2.36. The molecule has 2 atom stereocenters. The van der Waals surface area contributed by atoms with E-state index in [1.54, 1.807) is 6.07 Å². The topological polar surface area (TPSA) is 94.2 Å². The molecular weight excluding hydrogens is 439 g/mol. The van der Waals surface area contributed by atoms with Gasteiger partial charge < -0.3 is 14.2 Å². The predicted octanol–water partition coefficient (Wildman–Crippen LogP) is 2.30. The quantitative estimate of drug-likeness (QED) is 0.753. The second kappa shape index (κ2) is 6.90. The molecule has 1 saturated carbocycles. The van der Waals surface area contributed by atoms with Gasteiger partial charge in [-0.05, 0) is 29.5 Å². The van der Waals surface area contributed by atoms with Crippen molar-refractivity contribution in [1.82, 2.24) is 4.72 Å². The summed E-state index contributed by atoms with van der Waals surface area (Å²) in [5, 5.41) is 0. The number of fused-ring (bicyclic) bond motifs is 6. The molecule has 2 aliphatic carbocycles. The Bertz CT molecular complexity index is 1210. The number of carbonyl (C=O) groups excluding carboxylic acids is 1. The fraction of sp³-hybridized carbons (Fsp3) is 0.409. The van der Waals surface area contributed by atoms with Gasteiger partial charge in [-0.3, -0.25) is 4.79 Å². The molecule has 8 nitrogen and oxygen atoms in total. The first-order valence-corrected chi connectivity index (χ1v) is 12.0. The fourth-order valence-electron chi connectivity index (χ4n) is 5.46. The molecule has 0 radical (unpaired) electrons. The van der Waals surface area contributed by atoms with Gasteiger partial charge >= 0.3 is 10.2 Å². The third-order valence-corrected chi connectivity index (χ3v) is 8.11. The molecule has 32 heavy (non-hydrogen) atoms. The molecule has 4 aliphatic rings. The van der Waals surface area contributed by atoms with Crippen molar-refractivity contribution in [2.45, 2.75) is 37.1 Å². The van der Waals surface area contributed by atoms with Crippen molar-refractivity contribution in [1.29, 1.82) is 0 Å². The number of carbonyl (C=O) groups is 1. The first kappa shape index (κ1) is 20.0. The zero-order valence-corrected chi connectivity index (χ0v) is 17.9. The van der Waals surface area contributed by atoms with Crippen LogP contribution in [0.1, 0.15) is 41.4 Å². The number of nitrogens with one attached hydrogen (secondary N) is 1. The van der Waals surface area contributed by atoms with Crippen molar-refractivity contribution in [3.63, 3.8) is 0 Å². The van der Waals surface area contributed by atoms with Gasteiger partial charge in [-0.1, -0.05) is 30.3 Å². The smallest absolute Gasteiger partial charge is 0.326 e. The first-order chi connectivity index (χ1) is 15.4. The summed E-state index contributed by atoms with van der Waals surface area (Å²) in [6.07, 6.45) is 1.29. The van der Waals surface area contributed by atoms with Crippen molar-refractivity contribution in [3.05, 3.63) is 58.9 Å². The molecular formula is C22H21FN2O6S. The molecule has 1 N–H and O–H groups in total. The van der Waals surface area contributed by atoms with Gasteiger partial charge in [-0.15, -0.1) is 0 Å². The number of amides is 1. The predicted molar refractivity (Wildman–Crippen MR) is 111 cm³/mol. The van der Waals surface area contributed by atoms with Crippen LogP contribution in [0, 0.1) is 5.82 Å². The lowest BCUT2D eigenvalue weighted by Gasteiger charge is -2.34. The maximum absolute atomic E-state index is 16.1. The molecule has 2 saturated heterocycles. The largest absolute Gasteiger partial charge is 0.487 e. The van der Waals surface area contributed by atoms with Crippen LogP contribution < -0.4 is 13.8 Å². The van der Waals surface area contributed by atoms with Crippen LogP contribution in [0.3, 0.4) is 0 Å². The number of ether oxygens (including phenoxy) is 3. The van der Waals surface area contributed by atoms with Crippen LogP contribution in [0.4, 0.5) is 10.1 Å². The first-order valence-electron chi connectivity index (χ1n) is 10.5. The number of rotatable bonds is 4. The van der Waals surface area contributed by atoms with Crippen LogP contribution in [0.25, 0.3) is 0 Å². The van der Waals surface area contributed by atoms with Gasteiger partial charge in [-0.25, -0.2) is 13.4 Å². The van der Waals surface area contributed by atoms with Crippen LogP contribution in [0.15, 0.2) is 36.4 Å². The van der Waals surface area contributed by atoms with Crippen LogP contribution >= 0.6 is 0 Å². The zero-order valence-electron chi connectivity index (χ0n) is 17.0. The molecule has 2 aromatic carbocycles. The maximum atomic E-state index is 16.1. The van der Waals surface area contributed by atoms with E-state index in [0.29, 0.717) is 31.6 Å². The summed E-state index contributed by atoms with van der Waals surface area (Å²) in [5.74, 6) is -2.48. The summed E-state index contributed by atoms with van der Waals surface area (Å²) in [6.45, 7) is 0.520. The van der Waals surface area contributed by atoms with Gasteiger partial charge in [0.1, 0.15) is 24.6 Å². The van der Waals surface area contributed by atoms with Crippen LogP contribution in [-0.4, -0.2) is 39.9 Å². The Hall–Kier alpha value is -2.69. The van der Waals surface area contributed by atoms with E-state index >= 15 is 4.39 Å². The Morgan fingerprint density at radius 2 is 1.97 bits per heavy atom. The SMILES string of the molecule is O=C1CN(c2c(OCc3ccccc3)cc3c(c2F)C2CC3CC23OCCO3)S(=O)(=O)N1. The lowest BCUT2D eigenvalue weighted by molar-refractivity contribution is -0.166. The van der Waals surface area contributed by atoms with Gasteiger partial charge in [-0.2, -0.15) is 8.42 Å². The van der Waals surface area contributed by atoms with Crippen LogP contribution in [0.2, 0.25) is 0 Å². The summed E-state index contributed by atoms with van der Waals surface area (Å²) in [4.78, 5) is 11.9. The molecule has 1 spiro atoms. The summed E-state index contributed by atoms with van der Waals surface area (Å²) in [6, 6.07) is 11.0. The summed E-state index contributed by atoms with van der Waals surface area (Å²) < 4.78 is 61.7. The van der Waals surface area contributed by atoms with Gasteiger partial charge in [0.25, 0.3) is 5.91 Å². The summed E-state index contributed by atoms with van der Waals surface area (Å²) >= 11 is 0. The second-order valence-electron chi connectivity index (χ2n) is 8.55. The van der Waals surface area contributed by atoms with E-state index in [1.807, 2.05) is 35.1 Å². The minimum Gasteiger partial charge on any atom is -0.487 e. The molecule has 6 rings (SSSR count). The average Bonchev–Trinajstić information content (AvgIpc) is 3.51. The van der Waals surface area contributed by atoms with E-state index in [1.165, 1.54) is 0 Å². The van der Waals surface area contributed by atoms with E-state index in [4.69, 9.17) is 14.2 Å². The third-order valence-electron chi connectivity index (χ3n) is 6.73. The van der Waals surface area contributed by atoms with Gasteiger partial charge in [0.05, 0.1) is 13.2 Å². The summed E-state index contributed by atoms with van der Waals surface area (Å²) in [7, 11) is -4.22. The van der Waals surface area contributed by atoms with Gasteiger partial charge in [0.15, 0.2) is 11.6 Å². The Morgan fingerprint density at radius 3 is 2.66 bits per heavy atom. The number of hydrogen-bond acceptors (Lipinski definition) is 6. The summed E-state index contributed by atoms with van der Waals surface area (Å²) in [5.41, 5.74) is 1.80. The molecule has 10 heteroatoms. The highest BCUT2D eigenvalue weighted by Gasteiger charge is 2.59. The Morgan fingerprint density at radius 1 is 1.22 bits per heavy atom. The van der Waals surface area contributed by atoms with E-state index in [9.17, 15) is 13.2 Å². The highest BCUT2D eigenvalue weighted by Crippen LogP contribution is 2.63. The molecule has 3 fully saturated rings. The third kappa shape index (κ3) is 2.86. The van der Waals surface area contributed by atoms with Gasteiger partial charge in [0, 0.05) is 17.9 Å². The van der Waals surface area contributed by atoms with Crippen molar-refractivity contribution in [2.24, 2.45) is 0 Å². The lowest BCUT2D eigenvalue weighted by atomic mass is 9.86. The molecule has 0 aromatic heterocycles. The average molecular weight is 460 g/mol. The fourth-order valence-corrected chi connectivity index (χ4v) is 6.62. The standard InChI is InChI=1S/C22H21FN2O6S/c23-20-19-15(14-8-16(19)22(10-14)30-6-7-31-22)9-17(29-12-13-4-2-1-3-5-13)21(20)25-11-18(26)24-32(25,27)28/h1-5,9,14,16H,6-8,10-12H2,(H,24,26). The van der Waals surface area contributed by atoms with E-state index < -0.39 is 34.3 Å². The molecule has 168 valence electrons. The highest BCUT2D eigenvalue weighted by molar-refractivity contribution is 7.92. The number of nitrogens with zero attached hydrogens (tertiary/aromatic N) is 1. The zero-order chi connectivity index (χ0) is 22.1. The van der Waals surface area contributed by atoms with Crippen molar-refractivity contribution in [3.8, 4) is 5.75 Å². The highest BCUT2D eigenvalue weighted by atomic mass is 32.2. The molecule has 1 amide bonds. The van der Waals surface area contributed by atoms with E-state index in [-0.39, 0.29) is 29.9 Å². The monoisotopic (exact) mass is 460 g/mol. The van der Waals surface area contributed by atoms with Crippen molar-refractivity contribution in [2.75, 3.05) is 24.1 Å². The van der Waals surface area contributed by atoms with Crippen LogP contribution in [-0.2, 0) is 31.1 Å². The molecule has 2 aliphatic heterocycles. The second-order valence-corrected chi connectivity index (χ2v) is 10.1. The maximum Gasteiger partial charge on any atom is 0.326 e. The molecule has 2 heterocycles. The minimum absolute atomic E-state index is 0.0330. The molecule has 2 bridgehead atoms. The van der Waals surface area contributed by atoms with E-state index in [0.717, 1.165) is 15.4 Å². The number of benzene rings is 2. The number of hydrogen-bond donors (Lipinski definition) is 1. The number of anilines is 1. The van der Waals surface area contributed by atoms with Crippen molar-refractivity contribution >= 4 is 21.8 Å². The Kier molecular flexibility index (Phi) is 4.30. The Labute approximate surface area is 184 Å². The number of halogens is 1. The van der Waals surface area contributed by atoms with E-state index in [2.05, 4.69) is 0 Å². The molecule has 2 aromatic rings. The van der Waals surface area contributed by atoms with Crippen LogP contribution in [0.5, 0.6) is 5.75 Å². The van der Waals surface area contributed by atoms with Crippen molar-refractivity contribution < 1.29 is 31.8 Å².